The van der Waals surface area contributed by atoms with E-state index in [-0.39, 0.29) is 0 Å². The van der Waals surface area contributed by atoms with Crippen LogP contribution in [0.1, 0.15) is 10.4 Å². The molecule has 5 heteroatoms. The van der Waals surface area contributed by atoms with Crippen LogP contribution in [0, 0.1) is 0 Å². The maximum Gasteiger partial charge on any atom is 0.248 e. The highest BCUT2D eigenvalue weighted by Crippen LogP contribution is 2.30. The predicted molar refractivity (Wildman–Crippen MR) is 83.4 cm³/mol. The fourth-order valence-corrected chi connectivity index (χ4v) is 1.94. The minimum absolute atomic E-state index is 0.397. The van der Waals surface area contributed by atoms with Gasteiger partial charge >= 0.3 is 0 Å². The molecule has 20 heavy (non-hydrogen) atoms. The van der Waals surface area contributed by atoms with Crippen LogP contribution in [0.15, 0.2) is 42.5 Å². The monoisotopic (exact) mass is 270 g/mol. The van der Waals surface area contributed by atoms with E-state index in [1.165, 1.54) is 0 Å². The van der Waals surface area contributed by atoms with Gasteiger partial charge in [0.15, 0.2) is 0 Å². The van der Waals surface area contributed by atoms with Crippen LogP contribution in [-0.4, -0.2) is 20.0 Å². The van der Waals surface area contributed by atoms with E-state index in [1.54, 1.807) is 18.2 Å². The first-order valence-electron chi connectivity index (χ1n) is 6.21. The molecule has 5 nitrogen and oxygen atoms in total. The molecular weight excluding hydrogens is 252 g/mol. The summed E-state index contributed by atoms with van der Waals surface area (Å²) in [7, 11) is 3.94. The van der Waals surface area contributed by atoms with Crippen molar-refractivity contribution in [1.82, 2.24) is 0 Å². The predicted octanol–water partition coefficient (Wildman–Crippen LogP) is 2.18. The minimum Gasteiger partial charge on any atom is -0.397 e. The molecule has 0 aliphatic carbocycles. The molecule has 0 saturated carbocycles. The number of nitrogens with one attached hydrogen (secondary N) is 1. The summed E-state index contributed by atoms with van der Waals surface area (Å²) in [4.78, 5) is 13.1. The number of primary amides is 1. The maximum atomic E-state index is 11.1. The van der Waals surface area contributed by atoms with Gasteiger partial charge in [0.2, 0.25) is 5.91 Å². The quantitative estimate of drug-likeness (QED) is 0.743. The van der Waals surface area contributed by atoms with Gasteiger partial charge in [-0.05, 0) is 30.3 Å². The Labute approximate surface area is 118 Å². The Morgan fingerprint density at radius 3 is 2.40 bits per heavy atom. The summed E-state index contributed by atoms with van der Waals surface area (Å²) in [5, 5.41) is 3.27. The van der Waals surface area contributed by atoms with E-state index in [1.807, 2.05) is 43.3 Å². The molecular formula is C15H18N4O. The van der Waals surface area contributed by atoms with E-state index in [0.29, 0.717) is 11.3 Å². The van der Waals surface area contributed by atoms with E-state index in [4.69, 9.17) is 11.5 Å². The van der Waals surface area contributed by atoms with Crippen molar-refractivity contribution in [2.45, 2.75) is 0 Å². The van der Waals surface area contributed by atoms with Gasteiger partial charge in [-0.25, -0.2) is 0 Å². The first kappa shape index (κ1) is 13.7. The summed E-state index contributed by atoms with van der Waals surface area (Å²) in [5.74, 6) is -0.489. The van der Waals surface area contributed by atoms with Crippen LogP contribution in [-0.2, 0) is 0 Å². The van der Waals surface area contributed by atoms with Crippen molar-refractivity contribution in [3.8, 4) is 0 Å². The van der Waals surface area contributed by atoms with Crippen molar-refractivity contribution in [2.75, 3.05) is 30.0 Å². The number of anilines is 4. The molecule has 104 valence electrons. The Hall–Kier alpha value is -2.69. The van der Waals surface area contributed by atoms with Gasteiger partial charge in [-0.3, -0.25) is 4.79 Å². The van der Waals surface area contributed by atoms with E-state index in [9.17, 15) is 4.79 Å². The van der Waals surface area contributed by atoms with E-state index >= 15 is 0 Å². The molecule has 0 unspecified atom stereocenters. The topological polar surface area (TPSA) is 84.4 Å². The number of nitrogen functional groups attached to an aromatic ring is 1. The van der Waals surface area contributed by atoms with Crippen LogP contribution in [0.2, 0.25) is 0 Å². The van der Waals surface area contributed by atoms with E-state index < -0.39 is 5.91 Å². The molecule has 0 radical (unpaired) electrons. The van der Waals surface area contributed by atoms with Crippen LogP contribution in [0.4, 0.5) is 22.7 Å². The Balaban J connectivity index is 2.33. The van der Waals surface area contributed by atoms with Gasteiger partial charge in [0.05, 0.1) is 22.7 Å². The normalized spacial score (nSPS) is 10.1. The van der Waals surface area contributed by atoms with Crippen molar-refractivity contribution in [2.24, 2.45) is 5.73 Å². The van der Waals surface area contributed by atoms with Crippen LogP contribution in [0.3, 0.4) is 0 Å². The van der Waals surface area contributed by atoms with Crippen molar-refractivity contribution in [3.63, 3.8) is 0 Å². The molecule has 0 bridgehead atoms. The van der Waals surface area contributed by atoms with Gasteiger partial charge in [0, 0.05) is 19.7 Å². The molecule has 1 amide bonds. The minimum atomic E-state index is -0.489. The second kappa shape index (κ2) is 5.52. The average Bonchev–Trinajstić information content (AvgIpc) is 2.41. The third-order valence-corrected chi connectivity index (χ3v) is 2.99. The van der Waals surface area contributed by atoms with Crippen LogP contribution in [0.25, 0.3) is 0 Å². The zero-order valence-corrected chi connectivity index (χ0v) is 11.6. The molecule has 0 heterocycles. The summed E-state index contributed by atoms with van der Waals surface area (Å²) in [5.41, 5.74) is 14.8. The standard InChI is InChI=1S/C15H18N4O/c1-19(2)14-6-4-3-5-13(14)18-12-8-7-10(15(17)20)9-11(12)16/h3-9,18H,16H2,1-2H3,(H2,17,20). The fourth-order valence-electron chi connectivity index (χ4n) is 1.94. The molecule has 0 spiro atoms. The van der Waals surface area contributed by atoms with Gasteiger partial charge in [-0.15, -0.1) is 0 Å². The number of para-hydroxylation sites is 2. The number of carbonyl (C=O) groups excluding carboxylic acids is 1. The maximum absolute atomic E-state index is 11.1. The van der Waals surface area contributed by atoms with Crippen molar-refractivity contribution < 1.29 is 4.79 Å². The number of rotatable bonds is 4. The number of amides is 1. The summed E-state index contributed by atoms with van der Waals surface area (Å²) in [6, 6.07) is 12.9. The lowest BCUT2D eigenvalue weighted by molar-refractivity contribution is 0.100. The lowest BCUT2D eigenvalue weighted by Gasteiger charge is -2.19. The largest absolute Gasteiger partial charge is 0.397 e. The average molecular weight is 270 g/mol. The number of hydrogen-bond donors (Lipinski definition) is 3. The van der Waals surface area contributed by atoms with E-state index in [0.717, 1.165) is 17.1 Å². The Bertz CT molecular complexity index is 638. The summed E-state index contributed by atoms with van der Waals surface area (Å²) < 4.78 is 0. The molecule has 2 rings (SSSR count). The Morgan fingerprint density at radius 1 is 1.10 bits per heavy atom. The van der Waals surface area contributed by atoms with Gasteiger partial charge in [-0.1, -0.05) is 12.1 Å². The molecule has 5 N–H and O–H groups in total. The highest BCUT2D eigenvalue weighted by Gasteiger charge is 2.08. The first-order valence-corrected chi connectivity index (χ1v) is 6.21. The number of carbonyl (C=O) groups is 1. The number of nitrogens with zero attached hydrogens (tertiary/aromatic N) is 1. The lowest BCUT2D eigenvalue weighted by atomic mass is 10.1. The molecule has 0 aliphatic heterocycles. The molecule has 0 saturated heterocycles. The molecule has 0 atom stereocenters. The van der Waals surface area contributed by atoms with Crippen LogP contribution in [0.5, 0.6) is 0 Å². The lowest BCUT2D eigenvalue weighted by Crippen LogP contribution is -2.12. The fraction of sp³-hybridized carbons (Fsp3) is 0.133. The van der Waals surface area contributed by atoms with Crippen LogP contribution < -0.4 is 21.7 Å². The third kappa shape index (κ3) is 2.83. The highest BCUT2D eigenvalue weighted by molar-refractivity contribution is 5.95. The molecule has 0 aromatic heterocycles. The van der Waals surface area contributed by atoms with E-state index in [2.05, 4.69) is 5.32 Å². The van der Waals surface area contributed by atoms with Gasteiger partial charge < -0.3 is 21.7 Å². The smallest absolute Gasteiger partial charge is 0.248 e. The van der Waals surface area contributed by atoms with Crippen LogP contribution >= 0.6 is 0 Å². The second-order valence-electron chi connectivity index (χ2n) is 4.70. The summed E-state index contributed by atoms with van der Waals surface area (Å²) >= 11 is 0. The summed E-state index contributed by atoms with van der Waals surface area (Å²) in [6.45, 7) is 0. The number of benzene rings is 2. The molecule has 2 aromatic carbocycles. The molecule has 2 aromatic rings. The zero-order chi connectivity index (χ0) is 14.7. The Kier molecular flexibility index (Phi) is 3.79. The number of nitrogens with two attached hydrogens (primary N) is 2. The molecule has 0 aliphatic rings. The highest BCUT2D eigenvalue weighted by atomic mass is 16.1. The van der Waals surface area contributed by atoms with Crippen molar-refractivity contribution >= 4 is 28.7 Å². The Morgan fingerprint density at radius 2 is 1.80 bits per heavy atom. The second-order valence-corrected chi connectivity index (χ2v) is 4.70. The first-order chi connectivity index (χ1) is 9.49. The number of hydrogen-bond acceptors (Lipinski definition) is 4. The molecule has 0 fully saturated rings. The SMILES string of the molecule is CN(C)c1ccccc1Nc1ccc(C(N)=O)cc1N. The van der Waals surface area contributed by atoms with Crippen molar-refractivity contribution in [3.05, 3.63) is 48.0 Å². The van der Waals surface area contributed by atoms with Gasteiger partial charge in [0.1, 0.15) is 0 Å². The summed E-state index contributed by atoms with van der Waals surface area (Å²) in [6.07, 6.45) is 0. The van der Waals surface area contributed by atoms with Gasteiger partial charge in [-0.2, -0.15) is 0 Å². The van der Waals surface area contributed by atoms with Crippen molar-refractivity contribution in [1.29, 1.82) is 0 Å². The third-order valence-electron chi connectivity index (χ3n) is 2.99. The van der Waals surface area contributed by atoms with Gasteiger partial charge in [0.25, 0.3) is 0 Å². The zero-order valence-electron chi connectivity index (χ0n) is 11.6.